The van der Waals surface area contributed by atoms with Crippen molar-refractivity contribution in [3.8, 4) is 0 Å². The molecule has 0 aromatic heterocycles. The molecule has 12 N–H and O–H groups in total. The Morgan fingerprint density at radius 3 is 0.860 bits per heavy atom. The molecule has 48 heteroatoms. The monoisotopic (exact) mass is 2110 g/mol. The number of aryl methyl sites for hydroxylation is 1. The minimum absolute atomic E-state index is 0.00602. The van der Waals surface area contributed by atoms with Crippen LogP contribution in [0.2, 0.25) is 10.0 Å². The molecule has 802 valence electrons. The van der Waals surface area contributed by atoms with Crippen LogP contribution in [0, 0.1) is 108 Å². The topological polar surface area (TPSA) is 599 Å². The molecule has 0 bridgehead atoms. The molecule has 46 nitrogen and oxygen atoms in total. The number of nitrogens with two attached hydrogens (primary N) is 2. The van der Waals surface area contributed by atoms with E-state index in [4.69, 9.17) is 34.7 Å². The van der Waals surface area contributed by atoms with Crippen molar-refractivity contribution in [1.29, 1.82) is 0 Å². The first kappa shape index (κ1) is 129. The fourth-order valence-electron chi connectivity index (χ4n) is 11.5. The summed E-state index contributed by atoms with van der Waals surface area (Å²) in [6.45, 7) is 10.1. The number of nitro benzene ring substituents is 10. The third-order valence-electron chi connectivity index (χ3n) is 19.5. The van der Waals surface area contributed by atoms with E-state index in [9.17, 15) is 101 Å². The van der Waals surface area contributed by atoms with E-state index in [1.807, 2.05) is 202 Å². The SMILES string of the molecule is CCNc1cc([N+](=O)[O-])ccc1C.CCNc1ccc([N+](=O)[O-])cc1.CCNc1ccc([N+](=O)[O-])cc1N.CN(C)c1ccc(N(C)C)cc1.CN(C)c1ccc([N+](=O)[O-])cc1.CN(C)c1ccc([N+](=O)[O-])cc1Cl.CN(C)c1ccccc1.CN(C)c1ccccc1Cl.CNc1ccc([N+](=O)[O-])cc1.CNc1ccc([N+](=O)[O-])cc1N.CNc1ccc([N+](=O)[O-])cc1[N+](=O)[O-].CNc1ccccc1.CNc1ccccc1[N+](=O)[O-]. The van der Waals surface area contributed by atoms with Gasteiger partial charge in [-0.3, -0.25) is 101 Å². The summed E-state index contributed by atoms with van der Waals surface area (Å²) in [6.07, 6.45) is 0. The number of benzene rings is 13. The average molecular weight is 2110 g/mol. The largest absolute Gasteiger partial charge is 0.397 e. The Morgan fingerprint density at radius 2 is 0.527 bits per heavy atom. The Balaban J connectivity index is 0.000000814. The number of nitrogen functional groups attached to an aromatic ring is 2. The molecule has 0 unspecified atom stereocenters. The number of nitrogens with one attached hydrogen (secondary N) is 8. The van der Waals surface area contributed by atoms with E-state index < -0.39 is 44.3 Å². The summed E-state index contributed by atoms with van der Waals surface area (Å²) < 4.78 is 0. The molecule has 0 atom stereocenters. The van der Waals surface area contributed by atoms with Gasteiger partial charge in [-0.2, -0.15) is 0 Å². The number of hydrogen-bond acceptors (Lipinski definition) is 36. The number of para-hydroxylation sites is 5. The predicted molar refractivity (Wildman–Crippen MR) is 610 cm³/mol. The van der Waals surface area contributed by atoms with Crippen LogP contribution >= 0.6 is 23.2 Å². The number of anilines is 16. The van der Waals surface area contributed by atoms with E-state index in [1.165, 1.54) is 121 Å². The van der Waals surface area contributed by atoms with Gasteiger partial charge in [0.25, 0.3) is 56.9 Å². The lowest BCUT2D eigenvalue weighted by atomic mass is 10.2. The number of halogens is 2. The lowest BCUT2D eigenvalue weighted by Crippen LogP contribution is -2.10. The van der Waals surface area contributed by atoms with Crippen LogP contribution in [0.4, 0.5) is 148 Å². The fourth-order valence-corrected chi connectivity index (χ4v) is 12.2. The van der Waals surface area contributed by atoms with Crippen LogP contribution in [0.1, 0.15) is 26.3 Å². The molecule has 0 aliphatic carbocycles. The molecule has 0 saturated carbocycles. The van der Waals surface area contributed by atoms with Crippen LogP contribution in [0.5, 0.6) is 0 Å². The van der Waals surface area contributed by atoms with Crippen molar-refractivity contribution in [2.24, 2.45) is 0 Å². The smallest absolute Gasteiger partial charge is 0.299 e. The first-order valence-corrected chi connectivity index (χ1v) is 45.9. The Kier molecular flexibility index (Phi) is 60.3. The molecule has 0 amide bonds. The standard InChI is InChI=1S/C10H16N2.C9H12N2O2.C8H9ClN2O2.C8H10ClN.C8H11N3O2.2C8H10N2O2.C8H11N.C7H7N3O4.C7H9N3O2.2C7H8N2O2.C7H9N/c1-11(2)9-5-7-10(8-6-9)12(3)4;1-3-10-9-6-8(11(12)13)5-4-7(9)2;1-10(2)8-4-3-6(11(12)13)5-7(8)9;1-10(2)8-6-4-3-5-7(8)9;1-2-10-8-4-3-6(11(12)13)5-7(8)9;1-9(2)7-3-5-8(6-4-7)10(11)12;1-2-9-7-3-5-8(6-4-7)10(11)12;1-9(2)8-6-4-3-5-7-8;1-8-6-3-2-5(9(11)12)4-7(6)10(13)14;1-9-7-3-2-5(10(11)12)4-6(7)8;1-8-6-2-4-7(5-3-6)9(10)11;1-8-6-4-2-3-5-7(6)9(10)11;1-8-7-5-3-2-4-6-7/h5-8H,1-4H3;4-6,10H,3H2,1-2H3;3-5H,1-2H3;3-6H,1-2H3;3-5,10H,2,9H2,1H3;3-6H,1-2H3;3-6,9H,2H2,1H3;3-7H,1-2H3;2-4,8H,1H3;2-4,9H,8H2,1H3;2*2-5,8H,1H3;2-6,8H,1H3. The minimum atomic E-state index is -0.674. The Bertz CT molecular complexity index is 6330. The van der Waals surface area contributed by atoms with Gasteiger partial charge in [-0.25, -0.2) is 0 Å². The van der Waals surface area contributed by atoms with Crippen molar-refractivity contribution in [1.82, 2.24) is 0 Å². The third kappa shape index (κ3) is 49.5. The third-order valence-corrected chi connectivity index (χ3v) is 20.2. The second-order valence-electron chi connectivity index (χ2n) is 31.5. The normalized spacial score (nSPS) is 9.43. The van der Waals surface area contributed by atoms with E-state index in [0.717, 1.165) is 81.8 Å². The summed E-state index contributed by atoms with van der Waals surface area (Å²) in [6, 6.07) is 83.5. The summed E-state index contributed by atoms with van der Waals surface area (Å²) in [5.41, 5.74) is 25.4. The maximum absolute atomic E-state index is 10.5. The summed E-state index contributed by atoms with van der Waals surface area (Å²) in [4.78, 5) is 111. The van der Waals surface area contributed by atoms with Crippen molar-refractivity contribution in [3.05, 3.63) is 414 Å². The fraction of sp³-hybridized carbons (Fsp3) is 0.235. The van der Waals surface area contributed by atoms with Crippen LogP contribution in [-0.4, -0.2) is 189 Å². The van der Waals surface area contributed by atoms with Gasteiger partial charge < -0.3 is 83.4 Å². The number of nitro groups is 10. The number of nitrogens with zero attached hydrogens (tertiary/aromatic N) is 16. The van der Waals surface area contributed by atoms with Gasteiger partial charge in [0, 0.05) is 282 Å². The molecule has 0 aliphatic heterocycles. The zero-order valence-electron chi connectivity index (χ0n) is 87.1. The Labute approximate surface area is 880 Å². The highest BCUT2D eigenvalue weighted by Crippen LogP contribution is 2.33. The zero-order chi connectivity index (χ0) is 113. The van der Waals surface area contributed by atoms with Crippen molar-refractivity contribution in [2.75, 3.05) is 223 Å². The second-order valence-corrected chi connectivity index (χ2v) is 32.3. The van der Waals surface area contributed by atoms with E-state index in [0.29, 0.717) is 27.8 Å². The molecule has 0 radical (unpaired) electrons. The van der Waals surface area contributed by atoms with Gasteiger partial charge in [0.05, 0.1) is 99.5 Å². The molecule has 0 heterocycles. The van der Waals surface area contributed by atoms with E-state index in [1.54, 1.807) is 111 Å². The molecule has 150 heavy (non-hydrogen) atoms. The highest BCUT2D eigenvalue weighted by molar-refractivity contribution is 6.33. The van der Waals surface area contributed by atoms with E-state index in [-0.39, 0.29) is 67.5 Å². The molecule has 13 aromatic carbocycles. The maximum Gasteiger partial charge on any atom is 0.299 e. The van der Waals surface area contributed by atoms with E-state index >= 15 is 0 Å². The summed E-state index contributed by atoms with van der Waals surface area (Å²) in [5, 5.41) is 128. The second kappa shape index (κ2) is 70.0. The van der Waals surface area contributed by atoms with Crippen molar-refractivity contribution >= 4 is 171 Å². The van der Waals surface area contributed by atoms with Gasteiger partial charge in [-0.05, 0) is 161 Å². The molecule has 0 aliphatic rings. The Hall–Kier alpha value is -18.8. The molecule has 13 rings (SSSR count). The highest BCUT2D eigenvalue weighted by atomic mass is 35.5. The van der Waals surface area contributed by atoms with Crippen LogP contribution in [0.3, 0.4) is 0 Å². The first-order chi connectivity index (χ1) is 70.9. The quantitative estimate of drug-likeness (QED) is 0.0130. The predicted octanol–water partition coefficient (Wildman–Crippen LogP) is 23.7. The van der Waals surface area contributed by atoms with Gasteiger partial charge >= 0.3 is 0 Å². The lowest BCUT2D eigenvalue weighted by Gasteiger charge is -2.16. The summed E-state index contributed by atoms with van der Waals surface area (Å²) in [7, 11) is 32.2. The molecular formula is C102H130Cl2N26O20. The average Bonchev–Trinajstić information content (AvgIpc) is 0.856. The van der Waals surface area contributed by atoms with Gasteiger partial charge in [-0.1, -0.05) is 89.9 Å². The Morgan fingerprint density at radius 1 is 0.240 bits per heavy atom. The molecule has 13 aromatic rings. The van der Waals surface area contributed by atoms with Crippen molar-refractivity contribution in [2.45, 2.75) is 27.7 Å². The number of hydrogen-bond donors (Lipinski definition) is 10. The molecular weight excluding hydrogens is 1980 g/mol. The van der Waals surface area contributed by atoms with Gasteiger partial charge in [0.1, 0.15) is 11.4 Å². The van der Waals surface area contributed by atoms with Crippen LogP contribution < -0.4 is 83.4 Å². The summed E-state index contributed by atoms with van der Waals surface area (Å²) in [5.74, 6) is 0. The van der Waals surface area contributed by atoms with Crippen molar-refractivity contribution in [3.63, 3.8) is 0 Å². The van der Waals surface area contributed by atoms with Crippen LogP contribution in [0.15, 0.2) is 297 Å². The molecule has 0 spiro atoms. The lowest BCUT2D eigenvalue weighted by molar-refractivity contribution is -0.393. The van der Waals surface area contributed by atoms with Gasteiger partial charge in [0.2, 0.25) is 0 Å². The zero-order valence-corrected chi connectivity index (χ0v) is 88.7. The highest BCUT2D eigenvalue weighted by Gasteiger charge is 2.20. The number of non-ortho nitro benzene ring substituents is 8. The maximum atomic E-state index is 10.5. The minimum Gasteiger partial charge on any atom is -0.397 e. The summed E-state index contributed by atoms with van der Waals surface area (Å²) >= 11 is 11.7. The molecule has 0 fully saturated rings. The van der Waals surface area contributed by atoms with Crippen molar-refractivity contribution < 1.29 is 49.2 Å². The van der Waals surface area contributed by atoms with Crippen LogP contribution in [0.25, 0.3) is 0 Å². The van der Waals surface area contributed by atoms with E-state index in [2.05, 4.69) is 93.6 Å². The molecule has 0 saturated heterocycles. The van der Waals surface area contributed by atoms with Gasteiger partial charge in [-0.15, -0.1) is 0 Å². The van der Waals surface area contributed by atoms with Gasteiger partial charge in [0.15, 0.2) is 0 Å². The number of rotatable bonds is 27. The van der Waals surface area contributed by atoms with Crippen LogP contribution in [-0.2, 0) is 0 Å². The first-order valence-electron chi connectivity index (χ1n) is 45.2.